The molecule has 0 fully saturated rings. The molecule has 2 nitrogen and oxygen atoms in total. The molecule has 0 unspecified atom stereocenters. The zero-order valence-electron chi connectivity index (χ0n) is 8.82. The zero-order chi connectivity index (χ0) is 11.4. The van der Waals surface area contributed by atoms with Crippen LogP contribution in [0.4, 0.5) is 0 Å². The molecule has 0 amide bonds. The molecule has 16 heavy (non-hydrogen) atoms. The van der Waals surface area contributed by atoms with Gasteiger partial charge in [-0.25, -0.2) is 4.98 Å². The van der Waals surface area contributed by atoms with Crippen LogP contribution in [0.1, 0.15) is 11.4 Å². The van der Waals surface area contributed by atoms with Crippen LogP contribution >= 0.6 is 27.3 Å². The topological polar surface area (TPSA) is 38.9 Å². The summed E-state index contributed by atoms with van der Waals surface area (Å²) in [6.45, 7) is 0.726. The van der Waals surface area contributed by atoms with Gasteiger partial charge in [0, 0.05) is 21.8 Å². The number of aryl methyl sites for hydroxylation is 1. The maximum atomic E-state index is 5.49. The minimum atomic E-state index is 0.726. The van der Waals surface area contributed by atoms with Crippen LogP contribution in [0.3, 0.4) is 0 Å². The van der Waals surface area contributed by atoms with Gasteiger partial charge >= 0.3 is 0 Å². The quantitative estimate of drug-likeness (QED) is 0.938. The maximum absolute atomic E-state index is 5.49. The van der Waals surface area contributed by atoms with E-state index in [0.29, 0.717) is 0 Å². The van der Waals surface area contributed by atoms with Crippen molar-refractivity contribution in [1.82, 2.24) is 4.98 Å². The summed E-state index contributed by atoms with van der Waals surface area (Å²) in [5.74, 6) is 0. The normalized spacial score (nSPS) is 10.6. The molecule has 0 atom stereocenters. The Kier molecular flexibility index (Phi) is 4.09. The van der Waals surface area contributed by atoms with Gasteiger partial charge in [-0.05, 0) is 19.0 Å². The molecule has 1 aromatic carbocycles. The zero-order valence-corrected chi connectivity index (χ0v) is 11.2. The second kappa shape index (κ2) is 5.57. The SMILES string of the molecule is NCCCc1nc(-c2ccccc2Br)cs1. The third kappa shape index (κ3) is 2.70. The smallest absolute Gasteiger partial charge is 0.0933 e. The van der Waals surface area contributed by atoms with Gasteiger partial charge in [-0.15, -0.1) is 11.3 Å². The van der Waals surface area contributed by atoms with Gasteiger partial charge in [-0.2, -0.15) is 0 Å². The molecule has 1 heterocycles. The summed E-state index contributed by atoms with van der Waals surface area (Å²) in [6, 6.07) is 8.15. The highest BCUT2D eigenvalue weighted by molar-refractivity contribution is 9.10. The first-order valence-electron chi connectivity index (χ1n) is 5.20. The minimum Gasteiger partial charge on any atom is -0.330 e. The second-order valence-corrected chi connectivity index (χ2v) is 5.30. The molecule has 0 saturated heterocycles. The number of hydrogen-bond acceptors (Lipinski definition) is 3. The van der Waals surface area contributed by atoms with Crippen LogP contribution in [-0.4, -0.2) is 11.5 Å². The lowest BCUT2D eigenvalue weighted by molar-refractivity contribution is 0.826. The number of nitrogens with two attached hydrogens (primary N) is 1. The monoisotopic (exact) mass is 296 g/mol. The molecule has 84 valence electrons. The maximum Gasteiger partial charge on any atom is 0.0933 e. The highest BCUT2D eigenvalue weighted by atomic mass is 79.9. The van der Waals surface area contributed by atoms with Crippen molar-refractivity contribution in [3.05, 3.63) is 39.1 Å². The predicted octanol–water partition coefficient (Wildman–Crippen LogP) is 3.46. The largest absolute Gasteiger partial charge is 0.330 e. The molecule has 0 aliphatic carbocycles. The Morgan fingerprint density at radius 2 is 2.12 bits per heavy atom. The van der Waals surface area contributed by atoms with Gasteiger partial charge in [0.1, 0.15) is 0 Å². The average Bonchev–Trinajstić information content (AvgIpc) is 2.75. The average molecular weight is 297 g/mol. The molecule has 0 aliphatic rings. The van der Waals surface area contributed by atoms with Gasteiger partial charge in [-0.1, -0.05) is 34.1 Å². The van der Waals surface area contributed by atoms with E-state index in [1.807, 2.05) is 18.2 Å². The Morgan fingerprint density at radius 3 is 2.88 bits per heavy atom. The molecule has 2 N–H and O–H groups in total. The fourth-order valence-electron chi connectivity index (χ4n) is 1.47. The van der Waals surface area contributed by atoms with Gasteiger partial charge in [0.25, 0.3) is 0 Å². The Balaban J connectivity index is 2.22. The van der Waals surface area contributed by atoms with Crippen LogP contribution in [-0.2, 0) is 6.42 Å². The van der Waals surface area contributed by atoms with Crippen LogP contribution in [0.5, 0.6) is 0 Å². The molecule has 2 rings (SSSR count). The van der Waals surface area contributed by atoms with Crippen LogP contribution in [0, 0.1) is 0 Å². The lowest BCUT2D eigenvalue weighted by atomic mass is 10.2. The summed E-state index contributed by atoms with van der Waals surface area (Å²) in [5.41, 5.74) is 7.68. The van der Waals surface area contributed by atoms with Crippen LogP contribution in [0.15, 0.2) is 34.1 Å². The number of nitrogens with zero attached hydrogens (tertiary/aromatic N) is 1. The van der Waals surface area contributed by atoms with E-state index in [1.165, 1.54) is 0 Å². The van der Waals surface area contributed by atoms with Crippen molar-refractivity contribution >= 4 is 27.3 Å². The Bertz CT molecular complexity index is 468. The molecule has 0 saturated carbocycles. The van der Waals surface area contributed by atoms with Crippen molar-refractivity contribution in [3.8, 4) is 11.3 Å². The summed E-state index contributed by atoms with van der Waals surface area (Å²) < 4.78 is 1.09. The number of aromatic nitrogens is 1. The van der Waals surface area contributed by atoms with Crippen LogP contribution < -0.4 is 5.73 Å². The fraction of sp³-hybridized carbons (Fsp3) is 0.250. The second-order valence-electron chi connectivity index (χ2n) is 3.50. The van der Waals surface area contributed by atoms with Crippen molar-refractivity contribution in [1.29, 1.82) is 0 Å². The molecule has 4 heteroatoms. The third-order valence-electron chi connectivity index (χ3n) is 2.30. The number of hydrogen-bond donors (Lipinski definition) is 1. The molecule has 0 aliphatic heterocycles. The first-order chi connectivity index (χ1) is 7.81. The lowest BCUT2D eigenvalue weighted by Crippen LogP contribution is -1.99. The van der Waals surface area contributed by atoms with E-state index in [1.54, 1.807) is 11.3 Å². The molecule has 2 aromatic rings. The summed E-state index contributed by atoms with van der Waals surface area (Å²) in [5, 5.41) is 3.27. The van der Waals surface area contributed by atoms with Crippen molar-refractivity contribution in [2.24, 2.45) is 5.73 Å². The lowest BCUT2D eigenvalue weighted by Gasteiger charge is -1.99. The van der Waals surface area contributed by atoms with Crippen molar-refractivity contribution in [2.45, 2.75) is 12.8 Å². The Morgan fingerprint density at radius 1 is 1.31 bits per heavy atom. The van der Waals surface area contributed by atoms with E-state index in [-0.39, 0.29) is 0 Å². The van der Waals surface area contributed by atoms with Crippen molar-refractivity contribution in [3.63, 3.8) is 0 Å². The highest BCUT2D eigenvalue weighted by Gasteiger charge is 2.06. The van der Waals surface area contributed by atoms with Gasteiger partial charge < -0.3 is 5.73 Å². The van der Waals surface area contributed by atoms with E-state index >= 15 is 0 Å². The van der Waals surface area contributed by atoms with E-state index in [0.717, 1.165) is 40.1 Å². The summed E-state index contributed by atoms with van der Waals surface area (Å²) in [7, 11) is 0. The summed E-state index contributed by atoms with van der Waals surface area (Å²) in [4.78, 5) is 4.61. The number of rotatable bonds is 4. The molecular weight excluding hydrogens is 284 g/mol. The molecule has 0 radical (unpaired) electrons. The number of benzene rings is 1. The highest BCUT2D eigenvalue weighted by Crippen LogP contribution is 2.29. The molecule has 1 aromatic heterocycles. The molecule has 0 spiro atoms. The molecule has 0 bridgehead atoms. The van der Waals surface area contributed by atoms with E-state index < -0.39 is 0 Å². The van der Waals surface area contributed by atoms with Gasteiger partial charge in [-0.3, -0.25) is 0 Å². The predicted molar refractivity (Wildman–Crippen MR) is 72.6 cm³/mol. The van der Waals surface area contributed by atoms with Crippen LogP contribution in [0.2, 0.25) is 0 Å². The van der Waals surface area contributed by atoms with Gasteiger partial charge in [0.2, 0.25) is 0 Å². The first kappa shape index (κ1) is 11.8. The Hall–Kier alpha value is -0.710. The fourth-order valence-corrected chi connectivity index (χ4v) is 2.80. The van der Waals surface area contributed by atoms with Crippen molar-refractivity contribution in [2.75, 3.05) is 6.54 Å². The third-order valence-corrected chi connectivity index (χ3v) is 3.90. The van der Waals surface area contributed by atoms with Gasteiger partial charge in [0.15, 0.2) is 0 Å². The van der Waals surface area contributed by atoms with Crippen LogP contribution in [0.25, 0.3) is 11.3 Å². The Labute approximate surface area is 108 Å². The van der Waals surface area contributed by atoms with Gasteiger partial charge in [0.05, 0.1) is 10.7 Å². The van der Waals surface area contributed by atoms with E-state index in [9.17, 15) is 0 Å². The summed E-state index contributed by atoms with van der Waals surface area (Å²) >= 11 is 5.25. The van der Waals surface area contributed by atoms with E-state index in [2.05, 4.69) is 32.4 Å². The molecular formula is C12H13BrN2S. The summed E-state index contributed by atoms with van der Waals surface area (Å²) in [6.07, 6.45) is 1.98. The van der Waals surface area contributed by atoms with E-state index in [4.69, 9.17) is 5.73 Å². The van der Waals surface area contributed by atoms with Crippen molar-refractivity contribution < 1.29 is 0 Å². The number of halogens is 1. The standard InChI is InChI=1S/C12H13BrN2S/c13-10-5-2-1-4-9(10)11-8-16-12(15-11)6-3-7-14/h1-2,4-5,8H,3,6-7,14H2. The first-order valence-corrected chi connectivity index (χ1v) is 6.88. The number of thiazole rings is 1. The minimum absolute atomic E-state index is 0.726.